The molecule has 4 nitrogen and oxygen atoms in total. The van der Waals surface area contributed by atoms with Crippen LogP contribution in [-0.2, 0) is 10.0 Å². The zero-order valence-corrected chi connectivity index (χ0v) is 13.8. The van der Waals surface area contributed by atoms with E-state index in [1.807, 2.05) is 43.3 Å². The van der Waals surface area contributed by atoms with Crippen molar-refractivity contribution in [2.45, 2.75) is 31.6 Å². The topological polar surface area (TPSA) is 72.2 Å². The normalized spacial score (nSPS) is 11.4. The average Bonchev–Trinajstić information content (AvgIpc) is 2.47. The largest absolute Gasteiger partial charge is 0.385 e. The minimum Gasteiger partial charge on any atom is -0.385 e. The Morgan fingerprint density at radius 2 is 1.82 bits per heavy atom. The summed E-state index contributed by atoms with van der Waals surface area (Å²) < 4.78 is 24.0. The molecular formula is C17H22N2O2S. The number of anilines is 1. The molecule has 3 N–H and O–H groups in total. The lowest BCUT2D eigenvalue weighted by Crippen LogP contribution is -2.15. The van der Waals surface area contributed by atoms with Gasteiger partial charge in [-0.1, -0.05) is 43.7 Å². The number of nitrogens with two attached hydrogens (primary N) is 1. The second kappa shape index (κ2) is 6.94. The molecule has 0 bridgehead atoms. The Kier molecular flexibility index (Phi) is 5.21. The minimum atomic E-state index is -3.80. The summed E-state index contributed by atoms with van der Waals surface area (Å²) in [5.74, 6) is 0. The maximum atomic E-state index is 12.0. The van der Waals surface area contributed by atoms with Gasteiger partial charge in [-0.15, -0.1) is 0 Å². The van der Waals surface area contributed by atoms with Crippen LogP contribution in [-0.4, -0.2) is 15.0 Å². The molecule has 0 heterocycles. The maximum absolute atomic E-state index is 12.0. The van der Waals surface area contributed by atoms with Crippen LogP contribution in [0.1, 0.15) is 25.3 Å². The molecule has 0 aliphatic carbocycles. The fourth-order valence-electron chi connectivity index (χ4n) is 2.42. The summed E-state index contributed by atoms with van der Waals surface area (Å²) in [5, 5.41) is 8.78. The summed E-state index contributed by atoms with van der Waals surface area (Å²) in [6, 6.07) is 13.1. The summed E-state index contributed by atoms with van der Waals surface area (Å²) in [4.78, 5) is 0.165. The van der Waals surface area contributed by atoms with Crippen molar-refractivity contribution >= 4 is 15.7 Å². The van der Waals surface area contributed by atoms with Crippen LogP contribution < -0.4 is 10.5 Å². The quantitative estimate of drug-likeness (QED) is 0.800. The monoisotopic (exact) mass is 318 g/mol. The zero-order chi connectivity index (χ0) is 16.2. The Hall–Kier alpha value is -1.85. The van der Waals surface area contributed by atoms with Crippen LogP contribution in [0.3, 0.4) is 0 Å². The maximum Gasteiger partial charge on any atom is 0.238 e. The molecule has 0 atom stereocenters. The molecule has 0 radical (unpaired) electrons. The number of rotatable bonds is 6. The highest BCUT2D eigenvalue weighted by Gasteiger charge is 2.19. The number of aryl methyl sites for hydroxylation is 1. The lowest BCUT2D eigenvalue weighted by atomic mass is 10.0. The van der Waals surface area contributed by atoms with Gasteiger partial charge in [0.15, 0.2) is 0 Å². The summed E-state index contributed by atoms with van der Waals surface area (Å²) >= 11 is 0. The van der Waals surface area contributed by atoms with E-state index in [-0.39, 0.29) is 4.90 Å². The fraction of sp³-hybridized carbons (Fsp3) is 0.294. The summed E-state index contributed by atoms with van der Waals surface area (Å²) in [5.41, 5.74) is 3.15. The molecule has 0 aliphatic rings. The van der Waals surface area contributed by atoms with Gasteiger partial charge in [0.1, 0.15) is 0 Å². The lowest BCUT2D eigenvalue weighted by Gasteiger charge is -2.17. The van der Waals surface area contributed by atoms with Gasteiger partial charge in [0.25, 0.3) is 0 Å². The van der Waals surface area contributed by atoms with E-state index in [0.717, 1.165) is 36.2 Å². The Labute approximate surface area is 132 Å². The molecule has 0 saturated carbocycles. The van der Waals surface area contributed by atoms with Crippen molar-refractivity contribution in [1.29, 1.82) is 0 Å². The minimum absolute atomic E-state index is 0.165. The van der Waals surface area contributed by atoms with E-state index in [1.165, 1.54) is 0 Å². The molecule has 0 aromatic heterocycles. The first-order chi connectivity index (χ1) is 10.4. The number of hydrogen-bond acceptors (Lipinski definition) is 3. The van der Waals surface area contributed by atoms with E-state index in [0.29, 0.717) is 5.56 Å². The Morgan fingerprint density at radius 3 is 2.41 bits per heavy atom. The standard InChI is InChI=1S/C17H22N2O2S/c1-3-4-10-19-15-11-13(2)12-16(22(18,20)21)17(15)14-8-6-5-7-9-14/h5-9,11-12,19H,3-4,10H2,1-2H3,(H2,18,20,21). The number of unbranched alkanes of at least 4 members (excludes halogenated alkanes) is 1. The first-order valence-corrected chi connectivity index (χ1v) is 8.95. The molecule has 118 valence electrons. The van der Waals surface area contributed by atoms with Gasteiger partial charge in [-0.2, -0.15) is 0 Å². The van der Waals surface area contributed by atoms with Crippen molar-refractivity contribution in [1.82, 2.24) is 0 Å². The van der Waals surface area contributed by atoms with Gasteiger partial charge in [-0.25, -0.2) is 13.6 Å². The molecule has 0 unspecified atom stereocenters. The highest BCUT2D eigenvalue weighted by Crippen LogP contribution is 2.35. The van der Waals surface area contributed by atoms with Crippen LogP contribution in [0.5, 0.6) is 0 Å². The highest BCUT2D eigenvalue weighted by atomic mass is 32.2. The lowest BCUT2D eigenvalue weighted by molar-refractivity contribution is 0.598. The smallest absolute Gasteiger partial charge is 0.238 e. The summed E-state index contributed by atoms with van der Waals surface area (Å²) in [6.07, 6.45) is 2.09. The Balaban J connectivity index is 2.64. The van der Waals surface area contributed by atoms with Crippen LogP contribution in [0.15, 0.2) is 47.4 Å². The molecule has 22 heavy (non-hydrogen) atoms. The van der Waals surface area contributed by atoms with Crippen LogP contribution in [0.2, 0.25) is 0 Å². The number of primary sulfonamides is 1. The van der Waals surface area contributed by atoms with Crippen LogP contribution in [0.4, 0.5) is 5.69 Å². The molecule has 0 fully saturated rings. The van der Waals surface area contributed by atoms with E-state index >= 15 is 0 Å². The van der Waals surface area contributed by atoms with Crippen molar-refractivity contribution in [2.75, 3.05) is 11.9 Å². The highest BCUT2D eigenvalue weighted by molar-refractivity contribution is 7.89. The fourth-order valence-corrected chi connectivity index (χ4v) is 3.28. The Morgan fingerprint density at radius 1 is 1.14 bits per heavy atom. The number of benzene rings is 2. The van der Waals surface area contributed by atoms with Gasteiger partial charge in [0.2, 0.25) is 10.0 Å². The van der Waals surface area contributed by atoms with E-state index in [9.17, 15) is 8.42 Å². The molecule has 2 aromatic rings. The second-order valence-electron chi connectivity index (χ2n) is 5.38. The molecule has 0 spiro atoms. The molecular weight excluding hydrogens is 296 g/mol. The SMILES string of the molecule is CCCCNc1cc(C)cc(S(N)(=O)=O)c1-c1ccccc1. The molecule has 5 heteroatoms. The number of hydrogen-bond donors (Lipinski definition) is 2. The van der Waals surface area contributed by atoms with Gasteiger partial charge >= 0.3 is 0 Å². The molecule has 0 saturated heterocycles. The van der Waals surface area contributed by atoms with Crippen molar-refractivity contribution in [3.8, 4) is 11.1 Å². The first kappa shape index (κ1) is 16.5. The number of sulfonamides is 1. The zero-order valence-electron chi connectivity index (χ0n) is 13.0. The second-order valence-corrected chi connectivity index (χ2v) is 6.91. The van der Waals surface area contributed by atoms with Gasteiger partial charge in [-0.3, -0.25) is 0 Å². The van der Waals surface area contributed by atoms with E-state index < -0.39 is 10.0 Å². The van der Waals surface area contributed by atoms with Gasteiger partial charge in [0.05, 0.1) is 4.90 Å². The van der Waals surface area contributed by atoms with Crippen LogP contribution in [0.25, 0.3) is 11.1 Å². The van der Waals surface area contributed by atoms with Crippen molar-refractivity contribution in [3.63, 3.8) is 0 Å². The Bertz CT molecular complexity index is 741. The molecule has 2 rings (SSSR count). The average molecular weight is 318 g/mol. The number of nitrogens with one attached hydrogen (secondary N) is 1. The third kappa shape index (κ3) is 3.87. The van der Waals surface area contributed by atoms with Gasteiger partial charge in [-0.05, 0) is 36.6 Å². The van der Waals surface area contributed by atoms with Crippen molar-refractivity contribution < 1.29 is 8.42 Å². The predicted molar refractivity (Wildman–Crippen MR) is 91.4 cm³/mol. The summed E-state index contributed by atoms with van der Waals surface area (Å²) in [7, 11) is -3.80. The van der Waals surface area contributed by atoms with Crippen molar-refractivity contribution in [2.24, 2.45) is 5.14 Å². The van der Waals surface area contributed by atoms with E-state index in [1.54, 1.807) is 6.07 Å². The van der Waals surface area contributed by atoms with Gasteiger partial charge < -0.3 is 5.32 Å². The van der Waals surface area contributed by atoms with Crippen LogP contribution in [0, 0.1) is 6.92 Å². The van der Waals surface area contributed by atoms with E-state index in [4.69, 9.17) is 5.14 Å². The van der Waals surface area contributed by atoms with Gasteiger partial charge in [0, 0.05) is 17.8 Å². The first-order valence-electron chi connectivity index (χ1n) is 7.40. The van der Waals surface area contributed by atoms with E-state index in [2.05, 4.69) is 12.2 Å². The predicted octanol–water partition coefficient (Wildman–Crippen LogP) is 3.52. The van der Waals surface area contributed by atoms with Crippen molar-refractivity contribution in [3.05, 3.63) is 48.0 Å². The molecule has 0 amide bonds. The third-order valence-corrected chi connectivity index (χ3v) is 4.40. The van der Waals surface area contributed by atoms with Crippen LogP contribution >= 0.6 is 0 Å². The molecule has 2 aromatic carbocycles. The molecule has 0 aliphatic heterocycles. The third-order valence-electron chi connectivity index (χ3n) is 3.46. The summed E-state index contributed by atoms with van der Waals surface area (Å²) in [6.45, 7) is 4.78.